The Morgan fingerprint density at radius 1 is 1.15 bits per heavy atom. The second-order valence-corrected chi connectivity index (χ2v) is 4.62. The summed E-state index contributed by atoms with van der Waals surface area (Å²) in [5, 5.41) is 6.24. The first kappa shape index (κ1) is 14.2. The van der Waals surface area contributed by atoms with E-state index in [0.29, 0.717) is 0 Å². The number of pyridine rings is 1. The molecule has 1 amide bonds. The van der Waals surface area contributed by atoms with Crippen molar-refractivity contribution >= 4 is 11.6 Å². The van der Waals surface area contributed by atoms with Gasteiger partial charge in [-0.25, -0.2) is 0 Å². The van der Waals surface area contributed by atoms with Gasteiger partial charge in [-0.15, -0.1) is 0 Å². The molecule has 0 saturated heterocycles. The first-order valence-corrected chi connectivity index (χ1v) is 6.71. The molecule has 0 radical (unpaired) electrons. The number of aromatic nitrogens is 1. The molecule has 4 heteroatoms. The van der Waals surface area contributed by atoms with Crippen molar-refractivity contribution in [2.24, 2.45) is 0 Å². The van der Waals surface area contributed by atoms with E-state index in [9.17, 15) is 4.79 Å². The van der Waals surface area contributed by atoms with Crippen molar-refractivity contribution in [1.82, 2.24) is 10.3 Å². The molecule has 0 unspecified atom stereocenters. The maximum atomic E-state index is 11.1. The Kier molecular flexibility index (Phi) is 5.26. The normalized spacial score (nSPS) is 10.2. The van der Waals surface area contributed by atoms with Crippen LogP contribution in [0, 0.1) is 0 Å². The van der Waals surface area contributed by atoms with Crippen LogP contribution in [0.5, 0.6) is 0 Å². The highest BCUT2D eigenvalue weighted by Gasteiger charge is 2.02. The number of amides is 1. The van der Waals surface area contributed by atoms with Crippen LogP contribution in [0.4, 0.5) is 5.69 Å². The van der Waals surface area contributed by atoms with E-state index >= 15 is 0 Å². The molecule has 1 aromatic heterocycles. The SMILES string of the molecule is CC(=O)Nc1ccccc1CNCCc1ccncc1. The van der Waals surface area contributed by atoms with Crippen LogP contribution in [-0.2, 0) is 17.8 Å². The van der Waals surface area contributed by atoms with Gasteiger partial charge < -0.3 is 10.6 Å². The number of nitrogens with one attached hydrogen (secondary N) is 2. The Morgan fingerprint density at radius 2 is 1.90 bits per heavy atom. The maximum Gasteiger partial charge on any atom is 0.221 e. The summed E-state index contributed by atoms with van der Waals surface area (Å²) in [5.41, 5.74) is 3.23. The van der Waals surface area contributed by atoms with Crippen molar-refractivity contribution in [2.45, 2.75) is 19.9 Å². The number of hydrogen-bond acceptors (Lipinski definition) is 3. The lowest BCUT2D eigenvalue weighted by molar-refractivity contribution is -0.114. The van der Waals surface area contributed by atoms with Crippen molar-refractivity contribution in [2.75, 3.05) is 11.9 Å². The van der Waals surface area contributed by atoms with Crippen LogP contribution in [0.15, 0.2) is 48.8 Å². The third-order valence-corrected chi connectivity index (χ3v) is 2.98. The van der Waals surface area contributed by atoms with Crippen molar-refractivity contribution in [3.05, 3.63) is 59.9 Å². The fourth-order valence-electron chi connectivity index (χ4n) is 1.99. The molecule has 0 saturated carbocycles. The van der Waals surface area contributed by atoms with Gasteiger partial charge >= 0.3 is 0 Å². The van der Waals surface area contributed by atoms with E-state index in [4.69, 9.17) is 0 Å². The Morgan fingerprint density at radius 3 is 2.65 bits per heavy atom. The molecule has 2 aromatic rings. The van der Waals surface area contributed by atoms with E-state index in [0.717, 1.165) is 30.8 Å². The van der Waals surface area contributed by atoms with Gasteiger partial charge in [0.15, 0.2) is 0 Å². The molecule has 0 aliphatic carbocycles. The Labute approximate surface area is 119 Å². The van der Waals surface area contributed by atoms with E-state index in [1.54, 1.807) is 12.4 Å². The summed E-state index contributed by atoms with van der Waals surface area (Å²) in [6.07, 6.45) is 4.58. The summed E-state index contributed by atoms with van der Waals surface area (Å²) in [5.74, 6) is -0.0470. The minimum atomic E-state index is -0.0470. The van der Waals surface area contributed by atoms with Gasteiger partial charge in [0, 0.05) is 31.5 Å². The molecule has 20 heavy (non-hydrogen) atoms. The number of carbonyl (C=O) groups excluding carboxylic acids is 1. The van der Waals surface area contributed by atoms with Gasteiger partial charge in [-0.3, -0.25) is 9.78 Å². The van der Waals surface area contributed by atoms with Gasteiger partial charge in [-0.2, -0.15) is 0 Å². The van der Waals surface area contributed by atoms with Crippen LogP contribution in [0.3, 0.4) is 0 Å². The highest BCUT2D eigenvalue weighted by Crippen LogP contribution is 2.14. The van der Waals surface area contributed by atoms with E-state index in [2.05, 4.69) is 15.6 Å². The Balaban J connectivity index is 1.83. The van der Waals surface area contributed by atoms with E-state index in [-0.39, 0.29) is 5.91 Å². The second-order valence-electron chi connectivity index (χ2n) is 4.62. The molecule has 0 atom stereocenters. The van der Waals surface area contributed by atoms with E-state index in [1.165, 1.54) is 12.5 Å². The van der Waals surface area contributed by atoms with Gasteiger partial charge in [-0.1, -0.05) is 18.2 Å². The minimum Gasteiger partial charge on any atom is -0.326 e. The van der Waals surface area contributed by atoms with Crippen LogP contribution in [0.2, 0.25) is 0 Å². The highest BCUT2D eigenvalue weighted by atomic mass is 16.1. The zero-order valence-corrected chi connectivity index (χ0v) is 11.6. The zero-order chi connectivity index (χ0) is 14.2. The lowest BCUT2D eigenvalue weighted by Crippen LogP contribution is -2.18. The van der Waals surface area contributed by atoms with Gasteiger partial charge in [-0.05, 0) is 42.3 Å². The zero-order valence-electron chi connectivity index (χ0n) is 11.6. The minimum absolute atomic E-state index is 0.0470. The smallest absolute Gasteiger partial charge is 0.221 e. The predicted octanol–water partition coefficient (Wildman–Crippen LogP) is 2.37. The Hall–Kier alpha value is -2.20. The van der Waals surface area contributed by atoms with E-state index in [1.807, 2.05) is 36.4 Å². The summed E-state index contributed by atoms with van der Waals surface area (Å²) < 4.78 is 0. The number of nitrogens with zero attached hydrogens (tertiary/aromatic N) is 1. The third-order valence-electron chi connectivity index (χ3n) is 2.98. The van der Waals surface area contributed by atoms with Crippen LogP contribution < -0.4 is 10.6 Å². The standard InChI is InChI=1S/C16H19N3O/c1-13(20)19-16-5-3-2-4-15(16)12-18-11-8-14-6-9-17-10-7-14/h2-7,9-10,18H,8,11-12H2,1H3,(H,19,20). The van der Waals surface area contributed by atoms with Gasteiger partial charge in [0.25, 0.3) is 0 Å². The number of anilines is 1. The average Bonchev–Trinajstić information content (AvgIpc) is 2.46. The molecule has 104 valence electrons. The third kappa shape index (κ3) is 4.48. The molecule has 2 rings (SSSR count). The number of benzene rings is 1. The Bertz CT molecular complexity index is 555. The lowest BCUT2D eigenvalue weighted by Gasteiger charge is -2.10. The van der Waals surface area contributed by atoms with Crippen molar-refractivity contribution in [3.63, 3.8) is 0 Å². The lowest BCUT2D eigenvalue weighted by atomic mass is 10.1. The van der Waals surface area contributed by atoms with Gasteiger partial charge in [0.05, 0.1) is 0 Å². The largest absolute Gasteiger partial charge is 0.326 e. The van der Waals surface area contributed by atoms with Crippen LogP contribution in [-0.4, -0.2) is 17.4 Å². The molecule has 0 bridgehead atoms. The number of rotatable bonds is 6. The number of hydrogen-bond donors (Lipinski definition) is 2. The summed E-state index contributed by atoms with van der Waals surface area (Å²) in [6.45, 7) is 3.15. The maximum absolute atomic E-state index is 11.1. The highest BCUT2D eigenvalue weighted by molar-refractivity contribution is 5.89. The topological polar surface area (TPSA) is 54.0 Å². The van der Waals surface area contributed by atoms with Crippen LogP contribution in [0.1, 0.15) is 18.1 Å². The first-order valence-electron chi connectivity index (χ1n) is 6.71. The van der Waals surface area contributed by atoms with E-state index < -0.39 is 0 Å². The summed E-state index contributed by atoms with van der Waals surface area (Å²) in [4.78, 5) is 15.1. The molecule has 0 fully saturated rings. The van der Waals surface area contributed by atoms with Crippen LogP contribution in [0.25, 0.3) is 0 Å². The average molecular weight is 269 g/mol. The molecule has 1 heterocycles. The summed E-state index contributed by atoms with van der Waals surface area (Å²) in [6, 6.07) is 11.9. The summed E-state index contributed by atoms with van der Waals surface area (Å²) >= 11 is 0. The molecule has 2 N–H and O–H groups in total. The second kappa shape index (κ2) is 7.40. The van der Waals surface area contributed by atoms with Crippen molar-refractivity contribution in [3.8, 4) is 0 Å². The van der Waals surface area contributed by atoms with Crippen LogP contribution >= 0.6 is 0 Å². The molecule has 1 aromatic carbocycles. The van der Waals surface area contributed by atoms with Crippen molar-refractivity contribution < 1.29 is 4.79 Å². The molecule has 4 nitrogen and oxygen atoms in total. The molecule has 0 aliphatic heterocycles. The predicted molar refractivity (Wildman–Crippen MR) is 80.4 cm³/mol. The molecule has 0 aliphatic rings. The molecular weight excluding hydrogens is 250 g/mol. The number of para-hydroxylation sites is 1. The quantitative estimate of drug-likeness (QED) is 0.792. The molecule has 0 spiro atoms. The fraction of sp³-hybridized carbons (Fsp3) is 0.250. The van der Waals surface area contributed by atoms with Gasteiger partial charge in [0.1, 0.15) is 0 Å². The summed E-state index contributed by atoms with van der Waals surface area (Å²) in [7, 11) is 0. The first-order chi connectivity index (χ1) is 9.75. The van der Waals surface area contributed by atoms with Crippen molar-refractivity contribution in [1.29, 1.82) is 0 Å². The fourth-order valence-corrected chi connectivity index (χ4v) is 1.99. The van der Waals surface area contributed by atoms with Gasteiger partial charge in [0.2, 0.25) is 5.91 Å². The molecular formula is C16H19N3O. The monoisotopic (exact) mass is 269 g/mol. The number of carbonyl (C=O) groups is 1.